The lowest BCUT2D eigenvalue weighted by molar-refractivity contribution is 0.0697. The van der Waals surface area contributed by atoms with Crippen LogP contribution in [0, 0.1) is 6.92 Å². The molecule has 0 aliphatic carbocycles. The van der Waals surface area contributed by atoms with E-state index in [1.165, 1.54) is 5.56 Å². The van der Waals surface area contributed by atoms with Gasteiger partial charge in [-0.3, -0.25) is 4.90 Å². The van der Waals surface area contributed by atoms with Gasteiger partial charge in [0.2, 0.25) is 0 Å². The normalized spacial score (nSPS) is 14.7. The van der Waals surface area contributed by atoms with Crippen LogP contribution in [0.15, 0.2) is 60.8 Å². The van der Waals surface area contributed by atoms with Crippen LogP contribution >= 0.6 is 0 Å². The number of carboxylic acid groups (broad SMARTS) is 1. The lowest BCUT2D eigenvalue weighted by Crippen LogP contribution is -2.44. The average Bonchev–Trinajstić information content (AvgIpc) is 2.65. The number of aromatic carboxylic acids is 1. The topological polar surface area (TPSA) is 66.3 Å². The molecule has 1 saturated heterocycles. The number of rotatable bonds is 5. The predicted molar refractivity (Wildman–Crippen MR) is 104 cm³/mol. The Morgan fingerprint density at radius 1 is 1.11 bits per heavy atom. The fraction of sp³-hybridized carbons (Fsp3) is 0.227. The number of aromatic nitrogens is 2. The van der Waals surface area contributed by atoms with E-state index in [1.807, 2.05) is 43.5 Å². The zero-order valence-electron chi connectivity index (χ0n) is 15.2. The second kappa shape index (κ2) is 7.29. The quantitative estimate of drug-likeness (QED) is 0.751. The molecule has 1 aliphatic heterocycles. The Hall–Kier alpha value is -3.05. The highest BCUT2D eigenvalue weighted by Gasteiger charge is 2.30. The van der Waals surface area contributed by atoms with Crippen molar-refractivity contribution >= 4 is 5.97 Å². The Morgan fingerprint density at radius 3 is 2.56 bits per heavy atom. The lowest BCUT2D eigenvalue weighted by atomic mass is 9.96. The SMILES string of the molecule is Cc1ccnc(C2CN(Cc3ccc(-c4ccccc4C(=O)O)cc3)C2)n1. The number of carboxylic acids is 1. The van der Waals surface area contributed by atoms with Crippen molar-refractivity contribution < 1.29 is 9.90 Å². The summed E-state index contributed by atoms with van der Waals surface area (Å²) in [6.45, 7) is 4.80. The fourth-order valence-electron chi connectivity index (χ4n) is 3.50. The summed E-state index contributed by atoms with van der Waals surface area (Å²) in [5, 5.41) is 9.36. The zero-order chi connectivity index (χ0) is 18.8. The molecule has 4 rings (SSSR count). The standard InChI is InChI=1S/C22H21N3O2/c1-15-10-11-23-21(24-15)18-13-25(14-18)12-16-6-8-17(9-7-16)19-4-2-3-5-20(19)22(26)27/h2-11,18H,12-14H2,1H3,(H,26,27). The van der Waals surface area contributed by atoms with Crippen LogP contribution in [0.4, 0.5) is 0 Å². The minimum Gasteiger partial charge on any atom is -0.478 e. The number of nitrogens with zero attached hydrogens (tertiary/aromatic N) is 3. The molecule has 3 aromatic rings. The van der Waals surface area contributed by atoms with Gasteiger partial charge in [0, 0.05) is 37.4 Å². The Balaban J connectivity index is 1.40. The summed E-state index contributed by atoms with van der Waals surface area (Å²) < 4.78 is 0. The maximum absolute atomic E-state index is 11.4. The third-order valence-corrected chi connectivity index (χ3v) is 4.96. The highest BCUT2D eigenvalue weighted by Crippen LogP contribution is 2.28. The number of benzene rings is 2. The summed E-state index contributed by atoms with van der Waals surface area (Å²) in [5.41, 5.74) is 4.23. The van der Waals surface area contributed by atoms with Gasteiger partial charge in [-0.1, -0.05) is 42.5 Å². The molecule has 136 valence electrons. The van der Waals surface area contributed by atoms with E-state index >= 15 is 0 Å². The molecule has 0 radical (unpaired) electrons. The van der Waals surface area contributed by atoms with Gasteiger partial charge in [0.05, 0.1) is 5.56 Å². The summed E-state index contributed by atoms with van der Waals surface area (Å²) in [6.07, 6.45) is 1.83. The highest BCUT2D eigenvalue weighted by atomic mass is 16.4. The smallest absolute Gasteiger partial charge is 0.336 e. The van der Waals surface area contributed by atoms with E-state index in [9.17, 15) is 9.90 Å². The Bertz CT molecular complexity index is 963. The van der Waals surface area contributed by atoms with Crippen molar-refractivity contribution in [3.05, 3.63) is 83.4 Å². The van der Waals surface area contributed by atoms with Crippen molar-refractivity contribution in [2.45, 2.75) is 19.4 Å². The molecule has 27 heavy (non-hydrogen) atoms. The van der Waals surface area contributed by atoms with Gasteiger partial charge in [0.1, 0.15) is 5.82 Å². The molecule has 0 atom stereocenters. The molecule has 0 bridgehead atoms. The average molecular weight is 359 g/mol. The van der Waals surface area contributed by atoms with Gasteiger partial charge >= 0.3 is 5.97 Å². The first-order valence-electron chi connectivity index (χ1n) is 9.03. The van der Waals surface area contributed by atoms with Crippen LogP contribution in [-0.2, 0) is 6.54 Å². The van der Waals surface area contributed by atoms with Gasteiger partial charge in [-0.25, -0.2) is 14.8 Å². The molecule has 0 unspecified atom stereocenters. The molecule has 1 aliphatic rings. The third kappa shape index (κ3) is 3.73. The number of hydrogen-bond acceptors (Lipinski definition) is 4. The van der Waals surface area contributed by atoms with Crippen molar-refractivity contribution in [2.24, 2.45) is 0 Å². The predicted octanol–water partition coefficient (Wildman–Crippen LogP) is 3.75. The first-order valence-corrected chi connectivity index (χ1v) is 9.03. The van der Waals surface area contributed by atoms with Gasteiger partial charge in [-0.2, -0.15) is 0 Å². The monoisotopic (exact) mass is 359 g/mol. The number of carbonyl (C=O) groups is 1. The van der Waals surface area contributed by atoms with Crippen LogP contribution in [0.2, 0.25) is 0 Å². The molecule has 0 spiro atoms. The first-order chi connectivity index (χ1) is 13.1. The Morgan fingerprint density at radius 2 is 1.85 bits per heavy atom. The van der Waals surface area contributed by atoms with E-state index in [2.05, 4.69) is 27.0 Å². The first kappa shape index (κ1) is 17.4. The van der Waals surface area contributed by atoms with Gasteiger partial charge in [-0.05, 0) is 35.7 Å². The minimum absolute atomic E-state index is 0.328. The van der Waals surface area contributed by atoms with E-state index in [1.54, 1.807) is 12.1 Å². The second-order valence-corrected chi connectivity index (χ2v) is 6.99. The molecular weight excluding hydrogens is 338 g/mol. The zero-order valence-corrected chi connectivity index (χ0v) is 15.2. The van der Waals surface area contributed by atoms with Gasteiger partial charge in [-0.15, -0.1) is 0 Å². The van der Waals surface area contributed by atoms with Gasteiger partial charge < -0.3 is 5.11 Å². The van der Waals surface area contributed by atoms with Crippen LogP contribution in [0.5, 0.6) is 0 Å². The molecule has 2 aromatic carbocycles. The maximum Gasteiger partial charge on any atom is 0.336 e. The molecular formula is C22H21N3O2. The molecule has 0 saturated carbocycles. The molecule has 1 fully saturated rings. The van der Waals surface area contributed by atoms with E-state index in [-0.39, 0.29) is 0 Å². The van der Waals surface area contributed by atoms with Crippen molar-refractivity contribution in [2.75, 3.05) is 13.1 Å². The third-order valence-electron chi connectivity index (χ3n) is 4.96. The highest BCUT2D eigenvalue weighted by molar-refractivity contribution is 5.95. The Kier molecular flexibility index (Phi) is 4.69. The van der Waals surface area contributed by atoms with Crippen LogP contribution in [0.3, 0.4) is 0 Å². The van der Waals surface area contributed by atoms with E-state index in [0.717, 1.165) is 42.3 Å². The molecule has 5 nitrogen and oxygen atoms in total. The van der Waals surface area contributed by atoms with Crippen molar-refractivity contribution in [3.8, 4) is 11.1 Å². The summed E-state index contributed by atoms with van der Waals surface area (Å²) in [7, 11) is 0. The molecule has 5 heteroatoms. The summed E-state index contributed by atoms with van der Waals surface area (Å²) >= 11 is 0. The van der Waals surface area contributed by atoms with Gasteiger partial charge in [0.25, 0.3) is 0 Å². The largest absolute Gasteiger partial charge is 0.478 e. The van der Waals surface area contributed by atoms with Crippen molar-refractivity contribution in [1.29, 1.82) is 0 Å². The maximum atomic E-state index is 11.4. The van der Waals surface area contributed by atoms with Crippen LogP contribution in [-0.4, -0.2) is 39.0 Å². The van der Waals surface area contributed by atoms with Crippen molar-refractivity contribution in [1.82, 2.24) is 14.9 Å². The number of aryl methyl sites for hydroxylation is 1. The fourth-order valence-corrected chi connectivity index (χ4v) is 3.50. The van der Waals surface area contributed by atoms with Crippen LogP contribution < -0.4 is 0 Å². The van der Waals surface area contributed by atoms with Crippen LogP contribution in [0.1, 0.15) is 33.4 Å². The molecule has 0 amide bonds. The van der Waals surface area contributed by atoms with E-state index < -0.39 is 5.97 Å². The molecule has 2 heterocycles. The van der Waals surface area contributed by atoms with Crippen LogP contribution in [0.25, 0.3) is 11.1 Å². The second-order valence-electron chi connectivity index (χ2n) is 6.99. The summed E-state index contributed by atoms with van der Waals surface area (Å²) in [5.74, 6) is 0.443. The molecule has 1 N–H and O–H groups in total. The molecule has 1 aromatic heterocycles. The number of likely N-dealkylation sites (tertiary alicyclic amines) is 1. The van der Waals surface area contributed by atoms with Gasteiger partial charge in [0.15, 0.2) is 0 Å². The van der Waals surface area contributed by atoms with E-state index in [4.69, 9.17) is 0 Å². The summed E-state index contributed by atoms with van der Waals surface area (Å²) in [6, 6.07) is 17.2. The minimum atomic E-state index is -0.903. The van der Waals surface area contributed by atoms with E-state index in [0.29, 0.717) is 11.5 Å². The summed E-state index contributed by atoms with van der Waals surface area (Å²) in [4.78, 5) is 22.7. The lowest BCUT2D eigenvalue weighted by Gasteiger charge is -2.38. The van der Waals surface area contributed by atoms with Crippen molar-refractivity contribution in [3.63, 3.8) is 0 Å². The number of hydrogen-bond donors (Lipinski definition) is 1. The Labute approximate surface area is 158 Å².